The Morgan fingerprint density at radius 2 is 2.00 bits per heavy atom. The maximum absolute atomic E-state index is 10.4. The number of benzene rings is 1. The van der Waals surface area contributed by atoms with Crippen molar-refractivity contribution < 1.29 is 9.30 Å². The Kier molecular flexibility index (Phi) is 4.48. The molecule has 70 valence electrons. The molecule has 0 aliphatic rings. The topological polar surface area (TPSA) is 26.3 Å². The van der Waals surface area contributed by atoms with Crippen LogP contribution in [0.4, 0.5) is 0 Å². The van der Waals surface area contributed by atoms with Gasteiger partial charge in [-0.1, -0.05) is 13.3 Å². The largest absolute Gasteiger partial charge is 0.494 e. The average Bonchev–Trinajstić information content (AvgIpc) is 2.19. The van der Waals surface area contributed by atoms with Gasteiger partial charge < -0.3 is 4.74 Å². The third-order valence-electron chi connectivity index (χ3n) is 1.71. The van der Waals surface area contributed by atoms with Gasteiger partial charge in [0.25, 0.3) is 0 Å². The fraction of sp³-hybridized carbons (Fsp3) is 0.400. The molecular formula is C10H13O2P. The number of hydrogen-bond donors (Lipinski definition) is 0. The highest BCUT2D eigenvalue weighted by Crippen LogP contribution is 2.10. The van der Waals surface area contributed by atoms with Crippen molar-refractivity contribution in [3.63, 3.8) is 0 Å². The van der Waals surface area contributed by atoms with Crippen molar-refractivity contribution in [1.29, 1.82) is 0 Å². The van der Waals surface area contributed by atoms with Crippen LogP contribution in [0.1, 0.15) is 19.8 Å². The number of ether oxygens (including phenoxy) is 1. The predicted molar refractivity (Wildman–Crippen MR) is 54.1 cm³/mol. The molecular weight excluding hydrogens is 183 g/mol. The SMILES string of the molecule is CCCCOc1ccc(P=O)cc1. The zero-order chi connectivity index (χ0) is 9.52. The molecule has 2 nitrogen and oxygen atoms in total. The summed E-state index contributed by atoms with van der Waals surface area (Å²) in [5.74, 6) is 0.848. The lowest BCUT2D eigenvalue weighted by atomic mass is 10.3. The summed E-state index contributed by atoms with van der Waals surface area (Å²) in [5.41, 5.74) is 0. The quantitative estimate of drug-likeness (QED) is 0.534. The summed E-state index contributed by atoms with van der Waals surface area (Å²) in [4.78, 5) is 0. The summed E-state index contributed by atoms with van der Waals surface area (Å²) in [7, 11) is 0.0618. The monoisotopic (exact) mass is 196 g/mol. The van der Waals surface area contributed by atoms with Gasteiger partial charge in [0.2, 0.25) is 0 Å². The molecule has 0 atom stereocenters. The molecule has 13 heavy (non-hydrogen) atoms. The molecule has 1 aromatic rings. The Morgan fingerprint density at radius 1 is 1.31 bits per heavy atom. The molecule has 0 radical (unpaired) electrons. The van der Waals surface area contributed by atoms with Gasteiger partial charge in [0.05, 0.1) is 6.61 Å². The minimum atomic E-state index is 0.0618. The van der Waals surface area contributed by atoms with Gasteiger partial charge in [-0.25, -0.2) is 0 Å². The Morgan fingerprint density at radius 3 is 2.54 bits per heavy atom. The van der Waals surface area contributed by atoms with Gasteiger partial charge in [0, 0.05) is 5.30 Å². The highest BCUT2D eigenvalue weighted by molar-refractivity contribution is 7.34. The Bertz CT molecular complexity index is 256. The molecule has 0 amide bonds. The van der Waals surface area contributed by atoms with Crippen LogP contribution >= 0.6 is 8.46 Å². The summed E-state index contributed by atoms with van der Waals surface area (Å²) in [5, 5.41) is 0.780. The predicted octanol–water partition coefficient (Wildman–Crippen LogP) is 2.78. The van der Waals surface area contributed by atoms with Crippen LogP contribution in [0.2, 0.25) is 0 Å². The third kappa shape index (κ3) is 3.56. The van der Waals surface area contributed by atoms with E-state index in [0.717, 1.165) is 30.5 Å². The lowest BCUT2D eigenvalue weighted by Crippen LogP contribution is -1.97. The fourth-order valence-corrected chi connectivity index (χ4v) is 1.21. The van der Waals surface area contributed by atoms with Gasteiger partial charge in [-0.2, -0.15) is 0 Å². The highest BCUT2D eigenvalue weighted by Gasteiger charge is 1.93. The van der Waals surface area contributed by atoms with Crippen LogP contribution in [-0.4, -0.2) is 6.61 Å². The first-order chi connectivity index (χ1) is 6.36. The van der Waals surface area contributed by atoms with E-state index in [0.29, 0.717) is 0 Å². The lowest BCUT2D eigenvalue weighted by molar-refractivity contribution is 0.309. The minimum Gasteiger partial charge on any atom is -0.494 e. The second-order valence-corrected chi connectivity index (χ2v) is 3.49. The van der Waals surface area contributed by atoms with Gasteiger partial charge >= 0.3 is 0 Å². The first-order valence-electron chi connectivity index (χ1n) is 4.43. The Hall–Kier alpha value is -0.880. The smallest absolute Gasteiger partial charge is 0.192 e. The van der Waals surface area contributed by atoms with E-state index in [1.54, 1.807) is 12.1 Å². The van der Waals surface area contributed by atoms with Crippen molar-refractivity contribution >= 4 is 13.8 Å². The second kappa shape index (κ2) is 5.71. The van der Waals surface area contributed by atoms with Gasteiger partial charge in [-0.3, -0.25) is 4.57 Å². The van der Waals surface area contributed by atoms with Crippen LogP contribution in [0.3, 0.4) is 0 Å². The number of hydrogen-bond acceptors (Lipinski definition) is 2. The molecule has 1 rings (SSSR count). The molecule has 0 heterocycles. The van der Waals surface area contributed by atoms with Gasteiger partial charge in [0.1, 0.15) is 5.75 Å². The maximum atomic E-state index is 10.4. The summed E-state index contributed by atoms with van der Waals surface area (Å²) in [6.45, 7) is 2.88. The normalized spacial score (nSPS) is 10.2. The van der Waals surface area contributed by atoms with Crippen LogP contribution in [-0.2, 0) is 4.57 Å². The molecule has 0 spiro atoms. The first-order valence-corrected chi connectivity index (χ1v) is 5.24. The van der Waals surface area contributed by atoms with Crippen molar-refractivity contribution in [1.82, 2.24) is 0 Å². The van der Waals surface area contributed by atoms with Crippen molar-refractivity contribution in [2.24, 2.45) is 0 Å². The highest BCUT2D eigenvalue weighted by atomic mass is 31.1. The number of rotatable bonds is 5. The Balaban J connectivity index is 2.44. The van der Waals surface area contributed by atoms with E-state index in [2.05, 4.69) is 6.92 Å². The zero-order valence-electron chi connectivity index (χ0n) is 7.69. The number of unbranched alkanes of at least 4 members (excludes halogenated alkanes) is 1. The summed E-state index contributed by atoms with van der Waals surface area (Å²) in [6.07, 6.45) is 2.21. The van der Waals surface area contributed by atoms with E-state index in [1.165, 1.54) is 0 Å². The van der Waals surface area contributed by atoms with Crippen molar-refractivity contribution in [3.8, 4) is 5.75 Å². The first kappa shape index (κ1) is 10.2. The van der Waals surface area contributed by atoms with Crippen LogP contribution < -0.4 is 10.0 Å². The van der Waals surface area contributed by atoms with Crippen LogP contribution in [0.5, 0.6) is 5.75 Å². The third-order valence-corrected chi connectivity index (χ3v) is 2.22. The van der Waals surface area contributed by atoms with E-state index >= 15 is 0 Å². The molecule has 0 bridgehead atoms. The molecule has 0 aliphatic carbocycles. The van der Waals surface area contributed by atoms with Crippen molar-refractivity contribution in [3.05, 3.63) is 24.3 Å². The fourth-order valence-electron chi connectivity index (χ4n) is 0.938. The molecule has 0 N–H and O–H groups in total. The molecule has 0 aliphatic heterocycles. The van der Waals surface area contributed by atoms with E-state index in [4.69, 9.17) is 4.74 Å². The molecule has 0 fully saturated rings. The van der Waals surface area contributed by atoms with Gasteiger partial charge in [-0.05, 0) is 30.7 Å². The summed E-state index contributed by atoms with van der Waals surface area (Å²) in [6, 6.07) is 7.29. The van der Waals surface area contributed by atoms with E-state index < -0.39 is 0 Å². The summed E-state index contributed by atoms with van der Waals surface area (Å²) < 4.78 is 15.9. The average molecular weight is 196 g/mol. The molecule has 3 heteroatoms. The molecule has 1 aromatic carbocycles. The Labute approximate surface area is 80.1 Å². The zero-order valence-corrected chi connectivity index (χ0v) is 8.59. The molecule has 0 unspecified atom stereocenters. The molecule has 0 aromatic heterocycles. The lowest BCUT2D eigenvalue weighted by Gasteiger charge is -2.04. The van der Waals surface area contributed by atoms with Crippen molar-refractivity contribution in [2.45, 2.75) is 19.8 Å². The molecule has 0 saturated heterocycles. The van der Waals surface area contributed by atoms with E-state index in [1.807, 2.05) is 12.1 Å². The summed E-state index contributed by atoms with van der Waals surface area (Å²) >= 11 is 0. The van der Waals surface area contributed by atoms with Crippen LogP contribution in [0.25, 0.3) is 0 Å². The minimum absolute atomic E-state index is 0.0618. The van der Waals surface area contributed by atoms with Crippen LogP contribution in [0.15, 0.2) is 24.3 Å². The van der Waals surface area contributed by atoms with Gasteiger partial charge in [-0.15, -0.1) is 0 Å². The van der Waals surface area contributed by atoms with Crippen molar-refractivity contribution in [2.75, 3.05) is 6.61 Å². The maximum Gasteiger partial charge on any atom is 0.192 e. The van der Waals surface area contributed by atoms with Crippen LogP contribution in [0, 0.1) is 0 Å². The van der Waals surface area contributed by atoms with E-state index in [-0.39, 0.29) is 8.46 Å². The second-order valence-electron chi connectivity index (χ2n) is 2.79. The standard InChI is InChI=1S/C10H13O2P/c1-2-3-8-12-9-4-6-10(13-11)7-5-9/h4-7H,2-3,8H2,1H3. The van der Waals surface area contributed by atoms with Gasteiger partial charge in [0.15, 0.2) is 8.46 Å². The van der Waals surface area contributed by atoms with E-state index in [9.17, 15) is 4.57 Å². The molecule has 0 saturated carbocycles.